The number of benzene rings is 2. The highest BCUT2D eigenvalue weighted by molar-refractivity contribution is 7.90. The molecule has 2 aromatic carbocycles. The van der Waals surface area contributed by atoms with Crippen molar-refractivity contribution in [2.45, 2.75) is 11.8 Å². The molecule has 9 nitrogen and oxygen atoms in total. The zero-order chi connectivity index (χ0) is 25.4. The third-order valence-electron chi connectivity index (χ3n) is 5.48. The minimum atomic E-state index is -4.11. The summed E-state index contributed by atoms with van der Waals surface area (Å²) in [5.41, 5.74) is 2.70. The van der Waals surface area contributed by atoms with Gasteiger partial charge >= 0.3 is 5.97 Å². The molecule has 1 N–H and O–H groups in total. The van der Waals surface area contributed by atoms with Crippen molar-refractivity contribution in [1.29, 1.82) is 0 Å². The predicted molar refractivity (Wildman–Crippen MR) is 135 cm³/mol. The van der Waals surface area contributed by atoms with E-state index in [9.17, 15) is 13.2 Å². The summed E-state index contributed by atoms with van der Waals surface area (Å²) in [6.07, 6.45) is 4.28. The Hall–Kier alpha value is -4.15. The molecule has 0 bridgehead atoms. The molecule has 0 aliphatic carbocycles. The van der Waals surface area contributed by atoms with Crippen molar-refractivity contribution in [3.8, 4) is 11.3 Å². The lowest BCUT2D eigenvalue weighted by Gasteiger charge is -2.09. The van der Waals surface area contributed by atoms with E-state index < -0.39 is 16.0 Å². The first-order valence-corrected chi connectivity index (χ1v) is 12.5. The van der Waals surface area contributed by atoms with Crippen LogP contribution in [0.2, 0.25) is 5.02 Å². The quantitative estimate of drug-likeness (QED) is 0.294. The summed E-state index contributed by atoms with van der Waals surface area (Å²) in [6.45, 7) is 1.85. The van der Waals surface area contributed by atoms with Gasteiger partial charge in [-0.15, -0.1) is 0 Å². The van der Waals surface area contributed by atoms with Gasteiger partial charge in [-0.2, -0.15) is 0 Å². The van der Waals surface area contributed by atoms with Gasteiger partial charge in [0, 0.05) is 22.8 Å². The molecule has 0 spiro atoms. The lowest BCUT2D eigenvalue weighted by Crippen LogP contribution is -2.18. The Balaban J connectivity index is 1.57. The predicted octanol–water partition coefficient (Wildman–Crippen LogP) is 5.42. The van der Waals surface area contributed by atoms with Gasteiger partial charge in [0.25, 0.3) is 10.0 Å². The summed E-state index contributed by atoms with van der Waals surface area (Å²) in [7, 11) is -2.94. The average molecular weight is 523 g/mol. The van der Waals surface area contributed by atoms with E-state index in [2.05, 4.69) is 15.3 Å². The number of halogens is 1. The number of carbonyl (C=O) groups excluding carboxylic acids is 1. The molecule has 3 heterocycles. The number of esters is 1. The number of furan rings is 1. The van der Waals surface area contributed by atoms with Crippen LogP contribution >= 0.6 is 11.6 Å². The van der Waals surface area contributed by atoms with Crippen molar-refractivity contribution in [2.75, 3.05) is 12.4 Å². The first-order chi connectivity index (χ1) is 17.3. The Morgan fingerprint density at radius 1 is 1.11 bits per heavy atom. The second-order valence-corrected chi connectivity index (χ2v) is 10.1. The molecule has 182 valence electrons. The molecule has 5 aromatic rings. The molecular weight excluding hydrogens is 504 g/mol. The van der Waals surface area contributed by atoms with Crippen molar-refractivity contribution < 1.29 is 22.4 Å². The van der Waals surface area contributed by atoms with Gasteiger partial charge in [0.2, 0.25) is 5.95 Å². The summed E-state index contributed by atoms with van der Waals surface area (Å²) in [6, 6.07) is 15.0. The van der Waals surface area contributed by atoms with E-state index >= 15 is 0 Å². The van der Waals surface area contributed by atoms with Crippen LogP contribution in [-0.4, -0.2) is 35.4 Å². The van der Waals surface area contributed by atoms with Crippen LogP contribution in [0.1, 0.15) is 16.1 Å². The summed E-state index contributed by atoms with van der Waals surface area (Å²) in [5, 5.41) is 4.17. The number of hydrogen-bond acceptors (Lipinski definition) is 8. The normalized spacial score (nSPS) is 11.5. The van der Waals surface area contributed by atoms with Crippen LogP contribution < -0.4 is 5.32 Å². The molecule has 36 heavy (non-hydrogen) atoms. The van der Waals surface area contributed by atoms with Gasteiger partial charge in [-0.25, -0.2) is 27.2 Å². The Morgan fingerprint density at radius 2 is 1.89 bits per heavy atom. The van der Waals surface area contributed by atoms with Crippen LogP contribution in [0.4, 0.5) is 11.6 Å². The molecule has 0 radical (unpaired) electrons. The van der Waals surface area contributed by atoms with Crippen LogP contribution in [-0.2, 0) is 14.8 Å². The maximum atomic E-state index is 13.4. The van der Waals surface area contributed by atoms with E-state index in [1.54, 1.807) is 18.4 Å². The Bertz CT molecular complexity index is 1710. The zero-order valence-electron chi connectivity index (χ0n) is 19.1. The zero-order valence-corrected chi connectivity index (χ0v) is 20.7. The van der Waals surface area contributed by atoms with Crippen LogP contribution in [0, 0.1) is 6.92 Å². The molecular formula is C25H19ClN4O5S. The van der Waals surface area contributed by atoms with E-state index in [0.29, 0.717) is 11.3 Å². The van der Waals surface area contributed by atoms with Crippen molar-refractivity contribution in [3.63, 3.8) is 0 Å². The highest BCUT2D eigenvalue weighted by Crippen LogP contribution is 2.31. The van der Waals surface area contributed by atoms with Crippen molar-refractivity contribution in [3.05, 3.63) is 89.5 Å². The van der Waals surface area contributed by atoms with Gasteiger partial charge < -0.3 is 14.5 Å². The number of methoxy groups -OCH3 is 1. The standard InChI is InChI=1S/C25H19ClN4O5S/c1-15-3-6-19(7-4-15)36(32,33)30-14-17(12-21(30)24(31)34-2)23-20(26)13-27-25(29-23)28-18-5-8-22-16(11-18)9-10-35-22/h3-14H,1-2H3,(H,27,28,29). The van der Waals surface area contributed by atoms with E-state index in [1.807, 2.05) is 31.2 Å². The number of aromatic nitrogens is 3. The SMILES string of the molecule is COC(=O)c1cc(-c2nc(Nc3ccc4occc4c3)ncc2Cl)cn1S(=O)(=O)c1ccc(C)cc1. The Labute approximate surface area is 211 Å². The average Bonchev–Trinajstić information content (AvgIpc) is 3.52. The third-order valence-corrected chi connectivity index (χ3v) is 7.45. The molecule has 0 aliphatic rings. The number of fused-ring (bicyclic) bond motifs is 1. The first kappa shape index (κ1) is 23.6. The molecule has 0 amide bonds. The molecule has 0 fully saturated rings. The van der Waals surface area contributed by atoms with Gasteiger partial charge in [0.15, 0.2) is 0 Å². The smallest absolute Gasteiger partial charge is 0.355 e. The number of nitrogens with one attached hydrogen (secondary N) is 1. The van der Waals surface area contributed by atoms with Crippen molar-refractivity contribution in [2.24, 2.45) is 0 Å². The maximum absolute atomic E-state index is 13.4. The summed E-state index contributed by atoms with van der Waals surface area (Å²) >= 11 is 6.38. The molecule has 0 saturated carbocycles. The number of ether oxygens (including phenoxy) is 1. The van der Waals surface area contributed by atoms with Gasteiger partial charge in [-0.1, -0.05) is 29.3 Å². The lowest BCUT2D eigenvalue weighted by molar-refractivity contribution is 0.0593. The molecule has 0 aliphatic heterocycles. The number of anilines is 2. The fourth-order valence-electron chi connectivity index (χ4n) is 3.65. The van der Waals surface area contributed by atoms with Gasteiger partial charge in [-0.3, -0.25) is 0 Å². The monoisotopic (exact) mass is 522 g/mol. The van der Waals surface area contributed by atoms with E-state index in [1.165, 1.54) is 37.7 Å². The number of aryl methyl sites for hydroxylation is 1. The van der Waals surface area contributed by atoms with E-state index in [-0.39, 0.29) is 27.3 Å². The van der Waals surface area contributed by atoms with Crippen molar-refractivity contribution in [1.82, 2.24) is 13.9 Å². The van der Waals surface area contributed by atoms with Crippen LogP contribution in [0.3, 0.4) is 0 Å². The molecule has 3 aromatic heterocycles. The van der Waals surface area contributed by atoms with Crippen LogP contribution in [0.5, 0.6) is 0 Å². The number of rotatable bonds is 6. The topological polar surface area (TPSA) is 116 Å². The van der Waals surface area contributed by atoms with Crippen molar-refractivity contribution >= 4 is 50.2 Å². The largest absolute Gasteiger partial charge is 0.464 e. The van der Waals surface area contributed by atoms with Crippen LogP contribution in [0.25, 0.3) is 22.2 Å². The van der Waals surface area contributed by atoms with E-state index in [0.717, 1.165) is 20.5 Å². The first-order valence-electron chi connectivity index (χ1n) is 10.7. The fourth-order valence-corrected chi connectivity index (χ4v) is 5.20. The van der Waals surface area contributed by atoms with Gasteiger partial charge in [-0.05, 0) is 49.4 Å². The minimum absolute atomic E-state index is 0.0196. The van der Waals surface area contributed by atoms with Gasteiger partial charge in [0.1, 0.15) is 11.3 Å². The summed E-state index contributed by atoms with van der Waals surface area (Å²) in [4.78, 5) is 21.2. The minimum Gasteiger partial charge on any atom is -0.464 e. The van der Waals surface area contributed by atoms with Crippen LogP contribution in [0.15, 0.2) is 82.6 Å². The molecule has 0 saturated heterocycles. The second kappa shape index (κ2) is 9.14. The Morgan fingerprint density at radius 3 is 2.64 bits per heavy atom. The fraction of sp³-hybridized carbons (Fsp3) is 0.0800. The number of hydrogen-bond donors (Lipinski definition) is 1. The Kier molecular flexibility index (Phi) is 5.99. The number of nitrogens with zero attached hydrogens (tertiary/aromatic N) is 3. The molecule has 0 atom stereocenters. The highest BCUT2D eigenvalue weighted by atomic mass is 35.5. The third kappa shape index (κ3) is 4.32. The van der Waals surface area contributed by atoms with E-state index in [4.69, 9.17) is 20.8 Å². The number of carbonyl (C=O) groups is 1. The second-order valence-electron chi connectivity index (χ2n) is 7.91. The highest BCUT2D eigenvalue weighted by Gasteiger charge is 2.26. The molecule has 5 rings (SSSR count). The maximum Gasteiger partial charge on any atom is 0.355 e. The lowest BCUT2D eigenvalue weighted by atomic mass is 10.2. The molecule has 11 heteroatoms. The van der Waals surface area contributed by atoms with Gasteiger partial charge in [0.05, 0.1) is 35.2 Å². The summed E-state index contributed by atoms with van der Waals surface area (Å²) in [5.74, 6) is -0.597. The molecule has 0 unspecified atom stereocenters. The summed E-state index contributed by atoms with van der Waals surface area (Å²) < 4.78 is 37.8.